The Morgan fingerprint density at radius 3 is 2.81 bits per heavy atom. The van der Waals surface area contributed by atoms with Crippen LogP contribution in [-0.2, 0) is 13.6 Å². The number of hydrogen-bond donors (Lipinski definition) is 1. The van der Waals surface area contributed by atoms with Gasteiger partial charge in [0.25, 0.3) is 0 Å². The SMILES string of the molecule is Cn1cncc1CN(CCO)C1CCCC1. The highest BCUT2D eigenvalue weighted by molar-refractivity contribution is 4.98. The summed E-state index contributed by atoms with van der Waals surface area (Å²) >= 11 is 0. The summed E-state index contributed by atoms with van der Waals surface area (Å²) in [6.45, 7) is 1.92. The number of aryl methyl sites for hydroxylation is 1. The molecule has 1 aromatic rings. The summed E-state index contributed by atoms with van der Waals surface area (Å²) in [6.07, 6.45) is 8.96. The van der Waals surface area contributed by atoms with Gasteiger partial charge < -0.3 is 9.67 Å². The summed E-state index contributed by atoms with van der Waals surface area (Å²) < 4.78 is 2.05. The normalized spacial score (nSPS) is 17.4. The average molecular weight is 223 g/mol. The highest BCUT2D eigenvalue weighted by Gasteiger charge is 2.22. The Morgan fingerprint density at radius 1 is 1.50 bits per heavy atom. The van der Waals surface area contributed by atoms with Gasteiger partial charge in [0.05, 0.1) is 18.6 Å². The molecule has 0 aromatic carbocycles. The quantitative estimate of drug-likeness (QED) is 0.814. The Labute approximate surface area is 96.9 Å². The Morgan fingerprint density at radius 2 is 2.25 bits per heavy atom. The number of hydrogen-bond acceptors (Lipinski definition) is 3. The maximum Gasteiger partial charge on any atom is 0.0945 e. The number of rotatable bonds is 5. The van der Waals surface area contributed by atoms with E-state index in [2.05, 4.69) is 14.5 Å². The maximum absolute atomic E-state index is 9.13. The molecule has 0 saturated heterocycles. The third-order valence-electron chi connectivity index (χ3n) is 3.51. The molecule has 0 unspecified atom stereocenters. The van der Waals surface area contributed by atoms with Crippen molar-refractivity contribution in [3.8, 4) is 0 Å². The topological polar surface area (TPSA) is 41.3 Å². The fraction of sp³-hybridized carbons (Fsp3) is 0.750. The molecule has 0 radical (unpaired) electrons. The molecule has 1 fully saturated rings. The zero-order valence-electron chi connectivity index (χ0n) is 9.97. The summed E-state index contributed by atoms with van der Waals surface area (Å²) in [5, 5.41) is 9.13. The van der Waals surface area contributed by atoms with Gasteiger partial charge in [-0.3, -0.25) is 4.90 Å². The zero-order valence-corrected chi connectivity index (χ0v) is 9.97. The lowest BCUT2D eigenvalue weighted by atomic mass is 10.2. The largest absolute Gasteiger partial charge is 0.395 e. The summed E-state index contributed by atoms with van der Waals surface area (Å²) in [5.41, 5.74) is 1.22. The van der Waals surface area contributed by atoms with Crippen LogP contribution >= 0.6 is 0 Å². The van der Waals surface area contributed by atoms with E-state index in [-0.39, 0.29) is 6.61 Å². The molecule has 4 heteroatoms. The van der Waals surface area contributed by atoms with Crippen LogP contribution in [0.25, 0.3) is 0 Å². The van der Waals surface area contributed by atoms with Crippen LogP contribution in [0.3, 0.4) is 0 Å². The summed E-state index contributed by atoms with van der Waals surface area (Å²) in [5.74, 6) is 0. The molecule has 1 heterocycles. The monoisotopic (exact) mass is 223 g/mol. The van der Waals surface area contributed by atoms with Crippen LogP contribution in [0.5, 0.6) is 0 Å². The molecule has 0 spiro atoms. The third kappa shape index (κ3) is 2.62. The van der Waals surface area contributed by atoms with Crippen LogP contribution < -0.4 is 0 Å². The second-order valence-corrected chi connectivity index (χ2v) is 4.63. The van der Waals surface area contributed by atoms with E-state index in [9.17, 15) is 0 Å². The van der Waals surface area contributed by atoms with Gasteiger partial charge in [0, 0.05) is 32.4 Å². The van der Waals surface area contributed by atoms with E-state index < -0.39 is 0 Å². The first-order valence-corrected chi connectivity index (χ1v) is 6.11. The number of imidazole rings is 1. The van der Waals surface area contributed by atoms with E-state index in [1.54, 1.807) is 0 Å². The Hall–Kier alpha value is -0.870. The van der Waals surface area contributed by atoms with Crippen molar-refractivity contribution < 1.29 is 5.11 Å². The van der Waals surface area contributed by atoms with Gasteiger partial charge in [0.2, 0.25) is 0 Å². The fourth-order valence-corrected chi connectivity index (χ4v) is 2.53. The predicted octanol–water partition coefficient (Wildman–Crippen LogP) is 1.16. The van der Waals surface area contributed by atoms with Crippen LogP contribution in [0.15, 0.2) is 12.5 Å². The molecule has 0 aliphatic heterocycles. The van der Waals surface area contributed by atoms with E-state index in [1.807, 2.05) is 19.6 Å². The lowest BCUT2D eigenvalue weighted by Crippen LogP contribution is -2.35. The third-order valence-corrected chi connectivity index (χ3v) is 3.51. The van der Waals surface area contributed by atoms with Gasteiger partial charge in [0.1, 0.15) is 0 Å². The van der Waals surface area contributed by atoms with E-state index >= 15 is 0 Å². The van der Waals surface area contributed by atoms with Crippen molar-refractivity contribution in [3.05, 3.63) is 18.2 Å². The van der Waals surface area contributed by atoms with Gasteiger partial charge in [-0.15, -0.1) is 0 Å². The molecule has 2 rings (SSSR count). The maximum atomic E-state index is 9.13. The highest BCUT2D eigenvalue weighted by Crippen LogP contribution is 2.24. The van der Waals surface area contributed by atoms with E-state index in [0.29, 0.717) is 6.04 Å². The van der Waals surface area contributed by atoms with Gasteiger partial charge in [0.15, 0.2) is 0 Å². The molecule has 16 heavy (non-hydrogen) atoms. The van der Waals surface area contributed by atoms with Crippen LogP contribution in [0.1, 0.15) is 31.4 Å². The van der Waals surface area contributed by atoms with Crippen molar-refractivity contribution in [2.75, 3.05) is 13.2 Å². The number of aliphatic hydroxyl groups is 1. The molecule has 4 nitrogen and oxygen atoms in total. The highest BCUT2D eigenvalue weighted by atomic mass is 16.3. The summed E-state index contributed by atoms with van der Waals surface area (Å²) in [6, 6.07) is 0.655. The number of aromatic nitrogens is 2. The second kappa shape index (κ2) is 5.46. The Kier molecular flexibility index (Phi) is 3.96. The van der Waals surface area contributed by atoms with Gasteiger partial charge in [-0.1, -0.05) is 12.8 Å². The van der Waals surface area contributed by atoms with Gasteiger partial charge in [-0.2, -0.15) is 0 Å². The zero-order chi connectivity index (χ0) is 11.4. The minimum atomic E-state index is 0.244. The van der Waals surface area contributed by atoms with Crippen LogP contribution in [-0.4, -0.2) is 38.8 Å². The van der Waals surface area contributed by atoms with Crippen molar-refractivity contribution in [2.24, 2.45) is 7.05 Å². The first kappa shape index (κ1) is 11.6. The van der Waals surface area contributed by atoms with Crippen molar-refractivity contribution in [2.45, 2.75) is 38.3 Å². The van der Waals surface area contributed by atoms with Crippen molar-refractivity contribution in [3.63, 3.8) is 0 Å². The van der Waals surface area contributed by atoms with E-state index in [0.717, 1.165) is 13.1 Å². The molecule has 90 valence electrons. The molecular weight excluding hydrogens is 202 g/mol. The Balaban J connectivity index is 1.99. The minimum Gasteiger partial charge on any atom is -0.395 e. The van der Waals surface area contributed by atoms with Gasteiger partial charge in [-0.25, -0.2) is 4.98 Å². The first-order valence-electron chi connectivity index (χ1n) is 6.11. The lowest BCUT2D eigenvalue weighted by molar-refractivity contribution is 0.142. The fourth-order valence-electron chi connectivity index (χ4n) is 2.53. The summed E-state index contributed by atoms with van der Waals surface area (Å²) in [7, 11) is 2.02. The molecule has 0 atom stereocenters. The van der Waals surface area contributed by atoms with E-state index in [1.165, 1.54) is 31.4 Å². The van der Waals surface area contributed by atoms with Crippen molar-refractivity contribution in [1.29, 1.82) is 0 Å². The molecule has 1 N–H and O–H groups in total. The van der Waals surface area contributed by atoms with Gasteiger partial charge >= 0.3 is 0 Å². The predicted molar refractivity (Wildman–Crippen MR) is 63.0 cm³/mol. The standard InChI is InChI=1S/C12H21N3O/c1-14-10-13-8-12(14)9-15(6-7-16)11-4-2-3-5-11/h8,10-11,16H,2-7,9H2,1H3. The van der Waals surface area contributed by atoms with Crippen molar-refractivity contribution in [1.82, 2.24) is 14.5 Å². The van der Waals surface area contributed by atoms with Gasteiger partial charge in [-0.05, 0) is 12.8 Å². The molecule has 1 aromatic heterocycles. The van der Waals surface area contributed by atoms with E-state index in [4.69, 9.17) is 5.11 Å². The van der Waals surface area contributed by atoms with Crippen molar-refractivity contribution >= 4 is 0 Å². The Bertz CT molecular complexity index is 318. The van der Waals surface area contributed by atoms with Crippen LogP contribution in [0, 0.1) is 0 Å². The molecule has 1 aliphatic carbocycles. The summed E-state index contributed by atoms with van der Waals surface area (Å²) in [4.78, 5) is 6.53. The van der Waals surface area contributed by atoms with Crippen LogP contribution in [0.4, 0.5) is 0 Å². The molecule has 0 bridgehead atoms. The molecule has 1 aliphatic rings. The van der Waals surface area contributed by atoms with Crippen LogP contribution in [0.2, 0.25) is 0 Å². The second-order valence-electron chi connectivity index (χ2n) is 4.63. The molecule has 1 saturated carbocycles. The molecular formula is C12H21N3O. The number of aliphatic hydroxyl groups excluding tert-OH is 1. The average Bonchev–Trinajstić information content (AvgIpc) is 2.90. The first-order chi connectivity index (χ1) is 7.81. The number of nitrogens with zero attached hydrogens (tertiary/aromatic N) is 3. The minimum absolute atomic E-state index is 0.244. The molecule has 0 amide bonds. The smallest absolute Gasteiger partial charge is 0.0945 e. The lowest BCUT2D eigenvalue weighted by Gasteiger charge is -2.27.